The van der Waals surface area contributed by atoms with Gasteiger partial charge in [0.15, 0.2) is 0 Å². The highest BCUT2D eigenvalue weighted by atomic mass is 16.6. The van der Waals surface area contributed by atoms with Crippen molar-refractivity contribution in [2.24, 2.45) is 11.8 Å². The molecule has 5 nitrogen and oxygen atoms in total. The van der Waals surface area contributed by atoms with E-state index in [1.54, 1.807) is 13.8 Å². The number of cyclic esters (lactones) is 1. The molecule has 0 aliphatic carbocycles. The fourth-order valence-corrected chi connectivity index (χ4v) is 3.30. The molecule has 0 aromatic rings. The molecule has 0 unspecified atom stereocenters. The molecule has 17 heavy (non-hydrogen) atoms. The molecule has 92 valence electrons. The van der Waals surface area contributed by atoms with Gasteiger partial charge in [-0.25, -0.2) is 0 Å². The molecular formula is C12H14O5. The fourth-order valence-electron chi connectivity index (χ4n) is 3.30. The molecule has 2 bridgehead atoms. The minimum absolute atomic E-state index is 0.368. The van der Waals surface area contributed by atoms with Crippen molar-refractivity contribution < 1.29 is 23.8 Å². The van der Waals surface area contributed by atoms with E-state index >= 15 is 0 Å². The Morgan fingerprint density at radius 1 is 1.47 bits per heavy atom. The Morgan fingerprint density at radius 2 is 2.18 bits per heavy atom. The minimum atomic E-state index is -0.787. The molecular weight excluding hydrogens is 224 g/mol. The molecule has 0 saturated carbocycles. The van der Waals surface area contributed by atoms with Gasteiger partial charge in [-0.1, -0.05) is 6.08 Å². The normalized spacial score (nSPS) is 50.3. The molecule has 3 aliphatic rings. The molecule has 3 heterocycles. The van der Waals surface area contributed by atoms with Gasteiger partial charge in [0.1, 0.15) is 23.5 Å². The number of carbonyl (C=O) groups is 2. The summed E-state index contributed by atoms with van der Waals surface area (Å²) in [5, 5.41) is 0. The summed E-state index contributed by atoms with van der Waals surface area (Å²) in [5.74, 6) is -1.99. The van der Waals surface area contributed by atoms with Crippen LogP contribution in [0.3, 0.4) is 0 Å². The van der Waals surface area contributed by atoms with E-state index in [9.17, 15) is 9.59 Å². The highest BCUT2D eigenvalue weighted by Gasteiger charge is 2.73. The second-order valence-corrected chi connectivity index (χ2v) is 5.03. The Bertz CT molecular complexity index is 434. The monoisotopic (exact) mass is 238 g/mol. The van der Waals surface area contributed by atoms with Crippen molar-refractivity contribution in [3.05, 3.63) is 12.2 Å². The lowest BCUT2D eigenvalue weighted by Gasteiger charge is -2.25. The van der Waals surface area contributed by atoms with Gasteiger partial charge in [-0.05, 0) is 19.9 Å². The van der Waals surface area contributed by atoms with E-state index < -0.39 is 29.0 Å². The van der Waals surface area contributed by atoms with E-state index in [2.05, 4.69) is 0 Å². The smallest absolute Gasteiger partial charge is 0.313 e. The summed E-state index contributed by atoms with van der Waals surface area (Å²) in [6, 6.07) is 0. The number of methoxy groups -OCH3 is 1. The van der Waals surface area contributed by atoms with Gasteiger partial charge in [-0.3, -0.25) is 9.59 Å². The van der Waals surface area contributed by atoms with Crippen molar-refractivity contribution in [1.29, 1.82) is 0 Å². The van der Waals surface area contributed by atoms with E-state index in [0.717, 1.165) is 0 Å². The van der Waals surface area contributed by atoms with Gasteiger partial charge < -0.3 is 14.2 Å². The van der Waals surface area contributed by atoms with E-state index in [0.29, 0.717) is 0 Å². The summed E-state index contributed by atoms with van der Waals surface area (Å²) in [6.07, 6.45) is 3.32. The highest BCUT2D eigenvalue weighted by molar-refractivity contribution is 5.88. The van der Waals surface area contributed by atoms with Gasteiger partial charge in [0.05, 0.1) is 12.7 Å². The predicted molar refractivity (Wildman–Crippen MR) is 55.9 cm³/mol. The summed E-state index contributed by atoms with van der Waals surface area (Å²) in [5.41, 5.74) is -1.55. The molecule has 2 fully saturated rings. The van der Waals surface area contributed by atoms with Gasteiger partial charge in [0.25, 0.3) is 0 Å². The van der Waals surface area contributed by atoms with Crippen LogP contribution in [-0.2, 0) is 23.8 Å². The standard InChI is InChI=1S/C12H14O5/c1-6-12-5-4-11(2,17-12)7(9(13)15-3)8(12)10(14)16-6/h4-8H,1-3H3/t6-,7+,8+,11+,12-/m1/s1. The molecule has 3 aliphatic heterocycles. The molecule has 1 spiro atoms. The van der Waals surface area contributed by atoms with Gasteiger partial charge in [-0.2, -0.15) is 0 Å². The third-order valence-corrected chi connectivity index (χ3v) is 4.15. The van der Waals surface area contributed by atoms with Crippen LogP contribution in [0.25, 0.3) is 0 Å². The van der Waals surface area contributed by atoms with Crippen molar-refractivity contribution in [1.82, 2.24) is 0 Å². The largest absolute Gasteiger partial charge is 0.469 e. The van der Waals surface area contributed by atoms with Crippen LogP contribution >= 0.6 is 0 Å². The number of ether oxygens (including phenoxy) is 3. The van der Waals surface area contributed by atoms with Gasteiger partial charge in [0.2, 0.25) is 0 Å². The molecule has 0 radical (unpaired) electrons. The average Bonchev–Trinajstić information content (AvgIpc) is 2.84. The molecule has 3 rings (SSSR count). The number of carbonyl (C=O) groups excluding carboxylic acids is 2. The van der Waals surface area contributed by atoms with Crippen molar-refractivity contribution in [2.75, 3.05) is 7.11 Å². The number of hydrogen-bond acceptors (Lipinski definition) is 5. The summed E-state index contributed by atoms with van der Waals surface area (Å²) in [4.78, 5) is 23.7. The van der Waals surface area contributed by atoms with E-state index in [1.165, 1.54) is 7.11 Å². The maximum absolute atomic E-state index is 11.9. The molecule has 0 aromatic heterocycles. The summed E-state index contributed by atoms with van der Waals surface area (Å²) in [6.45, 7) is 3.59. The zero-order valence-corrected chi connectivity index (χ0v) is 9.93. The quantitative estimate of drug-likeness (QED) is 0.490. The van der Waals surface area contributed by atoms with Gasteiger partial charge in [-0.15, -0.1) is 0 Å². The zero-order chi connectivity index (χ0) is 12.4. The molecule has 0 N–H and O–H groups in total. The molecule has 5 atom stereocenters. The van der Waals surface area contributed by atoms with Crippen LogP contribution in [0, 0.1) is 11.8 Å². The number of esters is 2. The van der Waals surface area contributed by atoms with Gasteiger partial charge >= 0.3 is 11.9 Å². The Kier molecular flexibility index (Phi) is 1.84. The van der Waals surface area contributed by atoms with Crippen LogP contribution in [0.5, 0.6) is 0 Å². The maximum atomic E-state index is 11.9. The number of hydrogen-bond donors (Lipinski definition) is 0. The Hall–Kier alpha value is -1.36. The molecule has 5 heteroatoms. The van der Waals surface area contributed by atoms with E-state index in [-0.39, 0.29) is 12.1 Å². The minimum Gasteiger partial charge on any atom is -0.469 e. The topological polar surface area (TPSA) is 61.8 Å². The summed E-state index contributed by atoms with van der Waals surface area (Å²) in [7, 11) is 1.32. The average molecular weight is 238 g/mol. The van der Waals surface area contributed by atoms with Crippen LogP contribution in [0.2, 0.25) is 0 Å². The Morgan fingerprint density at radius 3 is 2.82 bits per heavy atom. The lowest BCUT2D eigenvalue weighted by atomic mass is 9.71. The summed E-state index contributed by atoms with van der Waals surface area (Å²) < 4.78 is 15.9. The van der Waals surface area contributed by atoms with Crippen LogP contribution in [0.15, 0.2) is 12.2 Å². The third-order valence-electron chi connectivity index (χ3n) is 4.15. The van der Waals surface area contributed by atoms with Crippen LogP contribution in [0.4, 0.5) is 0 Å². The van der Waals surface area contributed by atoms with Crippen molar-refractivity contribution in [2.45, 2.75) is 31.2 Å². The first-order chi connectivity index (χ1) is 7.94. The van der Waals surface area contributed by atoms with E-state index in [4.69, 9.17) is 14.2 Å². The maximum Gasteiger partial charge on any atom is 0.313 e. The second-order valence-electron chi connectivity index (χ2n) is 5.03. The first-order valence-electron chi connectivity index (χ1n) is 5.63. The fraction of sp³-hybridized carbons (Fsp3) is 0.667. The van der Waals surface area contributed by atoms with Gasteiger partial charge in [0, 0.05) is 0 Å². The highest BCUT2D eigenvalue weighted by Crippen LogP contribution is 2.58. The third kappa shape index (κ3) is 1.03. The van der Waals surface area contributed by atoms with Crippen LogP contribution < -0.4 is 0 Å². The van der Waals surface area contributed by atoms with Crippen LogP contribution in [-0.4, -0.2) is 36.4 Å². The summed E-state index contributed by atoms with van der Waals surface area (Å²) >= 11 is 0. The Labute approximate surface area is 98.7 Å². The number of fused-ring (bicyclic) bond motifs is 1. The first kappa shape index (κ1) is 10.8. The van der Waals surface area contributed by atoms with Crippen LogP contribution in [0.1, 0.15) is 13.8 Å². The predicted octanol–water partition coefficient (Wildman–Crippen LogP) is 0.435. The lowest BCUT2D eigenvalue weighted by molar-refractivity contribution is -0.160. The zero-order valence-electron chi connectivity index (χ0n) is 9.93. The number of rotatable bonds is 1. The molecule has 2 saturated heterocycles. The molecule has 0 amide bonds. The van der Waals surface area contributed by atoms with Crippen molar-refractivity contribution >= 4 is 11.9 Å². The second kappa shape index (κ2) is 2.90. The first-order valence-corrected chi connectivity index (χ1v) is 5.63. The Balaban J connectivity index is 2.11. The molecule has 0 aromatic carbocycles. The van der Waals surface area contributed by atoms with E-state index in [1.807, 2.05) is 12.2 Å². The SMILES string of the molecule is COC(=O)[C@@H]1[C@H]2C(=O)O[C@H](C)[C@]23C=C[C@]1(C)O3. The van der Waals surface area contributed by atoms with Crippen molar-refractivity contribution in [3.8, 4) is 0 Å². The van der Waals surface area contributed by atoms with Crippen molar-refractivity contribution in [3.63, 3.8) is 0 Å². The lowest BCUT2D eigenvalue weighted by Crippen LogP contribution is -2.43.